The van der Waals surface area contributed by atoms with Gasteiger partial charge < -0.3 is 5.32 Å². The van der Waals surface area contributed by atoms with Crippen LogP contribution >= 0.6 is 0 Å². The average Bonchev–Trinajstić information content (AvgIpc) is 2.28. The van der Waals surface area contributed by atoms with Gasteiger partial charge in [-0.05, 0) is 24.2 Å². The molecule has 0 amide bonds. The molecule has 3 atom stereocenters. The summed E-state index contributed by atoms with van der Waals surface area (Å²) in [5, 5.41) is 3.69. The number of nitrogens with one attached hydrogen (secondary N) is 1. The largest absolute Gasteiger partial charge is 0.311 e. The number of rotatable bonds is 5. The third-order valence-corrected chi connectivity index (χ3v) is 4.46. The van der Waals surface area contributed by atoms with Crippen molar-refractivity contribution in [3.05, 3.63) is 0 Å². The second-order valence-electron chi connectivity index (χ2n) is 6.50. The molecule has 0 aliphatic carbocycles. The van der Waals surface area contributed by atoms with E-state index in [1.54, 1.807) is 0 Å². The van der Waals surface area contributed by atoms with Gasteiger partial charge in [0, 0.05) is 31.7 Å². The van der Waals surface area contributed by atoms with Gasteiger partial charge in [-0.2, -0.15) is 0 Å². The first-order valence-corrected chi connectivity index (χ1v) is 7.43. The Kier molecular flexibility index (Phi) is 5.94. The quantitative estimate of drug-likeness (QED) is 0.795. The summed E-state index contributed by atoms with van der Waals surface area (Å²) in [4.78, 5) is 2.74. The van der Waals surface area contributed by atoms with E-state index >= 15 is 0 Å². The molecule has 1 fully saturated rings. The smallest absolute Gasteiger partial charge is 0.0244 e. The Morgan fingerprint density at radius 1 is 1.18 bits per heavy atom. The predicted octanol–water partition coefficient (Wildman–Crippen LogP) is 2.99. The minimum atomic E-state index is 0.698. The highest BCUT2D eigenvalue weighted by molar-refractivity contribution is 4.88. The van der Waals surface area contributed by atoms with Gasteiger partial charge in [-0.15, -0.1) is 0 Å². The molecule has 1 heterocycles. The fourth-order valence-electron chi connectivity index (χ4n) is 2.62. The molecule has 1 N–H and O–H groups in total. The zero-order valence-corrected chi connectivity index (χ0v) is 12.7. The van der Waals surface area contributed by atoms with Crippen LogP contribution in [0.2, 0.25) is 0 Å². The van der Waals surface area contributed by atoms with Crippen LogP contribution in [0.5, 0.6) is 0 Å². The lowest BCUT2D eigenvalue weighted by Crippen LogP contribution is -2.59. The summed E-state index contributed by atoms with van der Waals surface area (Å²) in [6.07, 6.45) is 1.25. The Balaban J connectivity index is 2.60. The number of hydrogen-bond acceptors (Lipinski definition) is 2. The van der Waals surface area contributed by atoms with Crippen LogP contribution < -0.4 is 5.32 Å². The van der Waals surface area contributed by atoms with Crippen LogP contribution in [0.1, 0.15) is 48.0 Å². The summed E-state index contributed by atoms with van der Waals surface area (Å²) in [6.45, 7) is 17.7. The van der Waals surface area contributed by atoms with Crippen molar-refractivity contribution in [2.24, 2.45) is 17.8 Å². The van der Waals surface area contributed by atoms with Crippen LogP contribution in [0.3, 0.4) is 0 Å². The van der Waals surface area contributed by atoms with Crippen molar-refractivity contribution in [2.45, 2.75) is 60.0 Å². The first-order valence-electron chi connectivity index (χ1n) is 7.43. The van der Waals surface area contributed by atoms with Crippen LogP contribution in [0, 0.1) is 17.8 Å². The minimum absolute atomic E-state index is 0.698. The van der Waals surface area contributed by atoms with Gasteiger partial charge in [0.2, 0.25) is 0 Å². The summed E-state index contributed by atoms with van der Waals surface area (Å²) in [7, 11) is 0. The van der Waals surface area contributed by atoms with Crippen molar-refractivity contribution in [1.29, 1.82) is 0 Å². The standard InChI is InChI=1S/C15H32N2/c1-7-14-10-17(9-13(6)11(2)3)15(8-16-14)12(4)5/h11-16H,7-10H2,1-6H3. The van der Waals surface area contributed by atoms with Crippen LogP contribution in [0.25, 0.3) is 0 Å². The van der Waals surface area contributed by atoms with Gasteiger partial charge in [-0.1, -0.05) is 41.5 Å². The molecular weight excluding hydrogens is 208 g/mol. The molecule has 17 heavy (non-hydrogen) atoms. The Labute approximate surface area is 108 Å². The summed E-state index contributed by atoms with van der Waals surface area (Å²) >= 11 is 0. The molecule has 3 unspecified atom stereocenters. The molecule has 0 bridgehead atoms. The predicted molar refractivity (Wildman–Crippen MR) is 76.3 cm³/mol. The molecule has 0 radical (unpaired) electrons. The van der Waals surface area contributed by atoms with Gasteiger partial charge in [-0.3, -0.25) is 4.90 Å². The lowest BCUT2D eigenvalue weighted by Gasteiger charge is -2.43. The van der Waals surface area contributed by atoms with E-state index < -0.39 is 0 Å². The molecule has 0 saturated carbocycles. The van der Waals surface area contributed by atoms with Crippen LogP contribution in [-0.4, -0.2) is 36.6 Å². The topological polar surface area (TPSA) is 15.3 Å². The van der Waals surface area contributed by atoms with E-state index in [4.69, 9.17) is 0 Å². The van der Waals surface area contributed by atoms with E-state index in [2.05, 4.69) is 51.8 Å². The summed E-state index contributed by atoms with van der Waals surface area (Å²) < 4.78 is 0. The van der Waals surface area contributed by atoms with Gasteiger partial charge in [0.1, 0.15) is 0 Å². The molecule has 102 valence electrons. The van der Waals surface area contributed by atoms with E-state index in [9.17, 15) is 0 Å². The van der Waals surface area contributed by atoms with Crippen LogP contribution in [-0.2, 0) is 0 Å². The van der Waals surface area contributed by atoms with Crippen molar-refractivity contribution < 1.29 is 0 Å². The van der Waals surface area contributed by atoms with Crippen molar-refractivity contribution in [3.63, 3.8) is 0 Å². The molecule has 0 aromatic heterocycles. The maximum absolute atomic E-state index is 3.69. The zero-order chi connectivity index (χ0) is 13.0. The van der Waals surface area contributed by atoms with Crippen LogP contribution in [0.15, 0.2) is 0 Å². The maximum Gasteiger partial charge on any atom is 0.0244 e. The zero-order valence-electron chi connectivity index (χ0n) is 12.7. The molecule has 0 spiro atoms. The highest BCUT2D eigenvalue weighted by Crippen LogP contribution is 2.20. The first kappa shape index (κ1) is 15.0. The van der Waals surface area contributed by atoms with Gasteiger partial charge in [0.15, 0.2) is 0 Å². The Morgan fingerprint density at radius 3 is 2.29 bits per heavy atom. The van der Waals surface area contributed by atoms with Crippen molar-refractivity contribution >= 4 is 0 Å². The van der Waals surface area contributed by atoms with E-state index in [0.717, 1.165) is 23.8 Å². The normalized spacial score (nSPS) is 28.9. The lowest BCUT2D eigenvalue weighted by molar-refractivity contribution is 0.0753. The SMILES string of the molecule is CCC1CN(CC(C)C(C)C)C(C(C)C)CN1. The Bertz CT molecular complexity index is 213. The van der Waals surface area contributed by atoms with E-state index in [1.165, 1.54) is 26.1 Å². The van der Waals surface area contributed by atoms with E-state index in [-0.39, 0.29) is 0 Å². The van der Waals surface area contributed by atoms with Gasteiger partial charge in [0.05, 0.1) is 0 Å². The molecule has 1 aliphatic rings. The monoisotopic (exact) mass is 240 g/mol. The summed E-state index contributed by atoms with van der Waals surface area (Å²) in [5.74, 6) is 2.34. The van der Waals surface area contributed by atoms with Crippen molar-refractivity contribution in [1.82, 2.24) is 10.2 Å². The van der Waals surface area contributed by atoms with Crippen molar-refractivity contribution in [3.8, 4) is 0 Å². The van der Waals surface area contributed by atoms with Gasteiger partial charge >= 0.3 is 0 Å². The van der Waals surface area contributed by atoms with Gasteiger partial charge in [0.25, 0.3) is 0 Å². The van der Waals surface area contributed by atoms with Gasteiger partial charge in [-0.25, -0.2) is 0 Å². The number of hydrogen-bond donors (Lipinski definition) is 1. The number of nitrogens with zero attached hydrogens (tertiary/aromatic N) is 1. The molecule has 2 nitrogen and oxygen atoms in total. The molecule has 1 rings (SSSR count). The molecule has 2 heteroatoms. The summed E-state index contributed by atoms with van der Waals surface area (Å²) in [6, 6.07) is 1.42. The highest BCUT2D eigenvalue weighted by atomic mass is 15.2. The first-order chi connectivity index (χ1) is 7.95. The second-order valence-corrected chi connectivity index (χ2v) is 6.50. The molecule has 0 aromatic carbocycles. The molecule has 0 aromatic rings. The lowest BCUT2D eigenvalue weighted by atomic mass is 9.92. The Morgan fingerprint density at radius 2 is 1.82 bits per heavy atom. The highest BCUT2D eigenvalue weighted by Gasteiger charge is 2.30. The van der Waals surface area contributed by atoms with E-state index in [1.807, 2.05) is 0 Å². The third kappa shape index (κ3) is 4.26. The second kappa shape index (κ2) is 6.75. The summed E-state index contributed by atoms with van der Waals surface area (Å²) in [5.41, 5.74) is 0. The van der Waals surface area contributed by atoms with Crippen molar-refractivity contribution in [2.75, 3.05) is 19.6 Å². The molecular formula is C15H32N2. The fraction of sp³-hybridized carbons (Fsp3) is 1.00. The molecule has 1 saturated heterocycles. The molecule has 1 aliphatic heterocycles. The average molecular weight is 240 g/mol. The minimum Gasteiger partial charge on any atom is -0.311 e. The maximum atomic E-state index is 3.69. The Hall–Kier alpha value is -0.0800. The third-order valence-electron chi connectivity index (χ3n) is 4.46. The van der Waals surface area contributed by atoms with Crippen LogP contribution in [0.4, 0.5) is 0 Å². The number of piperazine rings is 1. The fourth-order valence-corrected chi connectivity index (χ4v) is 2.62. The van der Waals surface area contributed by atoms with E-state index in [0.29, 0.717) is 6.04 Å².